The van der Waals surface area contributed by atoms with Gasteiger partial charge < -0.3 is 9.15 Å². The average Bonchev–Trinajstić information content (AvgIpc) is 3.00. The molecule has 40 heavy (non-hydrogen) atoms. The predicted molar refractivity (Wildman–Crippen MR) is 163 cm³/mol. The van der Waals surface area contributed by atoms with Crippen LogP contribution in [0.3, 0.4) is 0 Å². The number of fused-ring (bicyclic) bond motifs is 3. The van der Waals surface area contributed by atoms with Crippen molar-refractivity contribution in [3.05, 3.63) is 152 Å². The summed E-state index contributed by atoms with van der Waals surface area (Å²) in [5.74, 6) is -0.0705. The highest BCUT2D eigenvalue weighted by atomic mass is 79.9. The Kier molecular flexibility index (Phi) is 5.95. The number of rotatable bonds is 4. The minimum Gasteiger partial charge on any atom is -0.480 e. The van der Waals surface area contributed by atoms with Gasteiger partial charge in [0.05, 0.1) is 16.9 Å². The Bertz CT molecular complexity index is 1860. The minimum atomic E-state index is -1.21. The first-order valence-electron chi connectivity index (χ1n) is 13.0. The van der Waals surface area contributed by atoms with Gasteiger partial charge in [0.1, 0.15) is 25.9 Å². The third kappa shape index (κ3) is 3.49. The number of para-hydroxylation sites is 2. The van der Waals surface area contributed by atoms with Crippen LogP contribution < -0.4 is 10.2 Å². The molecule has 6 heteroatoms. The maximum absolute atomic E-state index is 14.5. The van der Waals surface area contributed by atoms with Gasteiger partial charge in [-0.1, -0.05) is 107 Å². The topological polar surface area (TPSA) is 56.5 Å². The first kappa shape index (κ1) is 25.2. The highest BCUT2D eigenvalue weighted by Gasteiger charge is 2.79. The highest BCUT2D eigenvalue weighted by Crippen LogP contribution is 2.71. The number of benzene rings is 4. The van der Waals surface area contributed by atoms with Crippen LogP contribution in [0.5, 0.6) is 5.75 Å². The minimum absolute atomic E-state index is 0.0728. The van der Waals surface area contributed by atoms with Gasteiger partial charge in [-0.2, -0.15) is 0 Å². The van der Waals surface area contributed by atoms with E-state index in [1.807, 2.05) is 103 Å². The lowest BCUT2D eigenvalue weighted by atomic mass is 9.47. The van der Waals surface area contributed by atoms with Crippen LogP contribution in [-0.2, 0) is 0 Å². The summed E-state index contributed by atoms with van der Waals surface area (Å²) in [6.07, 6.45) is 3.93. The molecule has 4 nitrogen and oxygen atoms in total. The molecule has 1 fully saturated rings. The summed E-state index contributed by atoms with van der Waals surface area (Å²) in [7, 11) is 0. The van der Waals surface area contributed by atoms with E-state index in [0.717, 1.165) is 11.1 Å². The zero-order valence-electron chi connectivity index (χ0n) is 21.1. The molecule has 1 saturated carbocycles. The van der Waals surface area contributed by atoms with Gasteiger partial charge in [0.25, 0.3) is 0 Å². The highest BCUT2D eigenvalue weighted by molar-refractivity contribution is 9.10. The van der Waals surface area contributed by atoms with E-state index in [2.05, 4.69) is 31.9 Å². The fourth-order valence-corrected chi connectivity index (χ4v) is 7.98. The summed E-state index contributed by atoms with van der Waals surface area (Å²) in [6.45, 7) is 0. The van der Waals surface area contributed by atoms with Gasteiger partial charge in [-0.15, -0.1) is 0 Å². The molecule has 1 aliphatic heterocycles. The molecule has 0 N–H and O–H groups in total. The normalized spacial score (nSPS) is 25.2. The maximum atomic E-state index is 14.5. The second-order valence-electron chi connectivity index (χ2n) is 10.1. The van der Waals surface area contributed by atoms with E-state index in [0.29, 0.717) is 32.5 Å². The summed E-state index contributed by atoms with van der Waals surface area (Å²) in [5.41, 5.74) is 1.52. The van der Waals surface area contributed by atoms with Crippen molar-refractivity contribution in [3.8, 4) is 5.75 Å². The number of hydrogen-bond acceptors (Lipinski definition) is 4. The molecular formula is C34H22Br2O4. The zero-order chi connectivity index (χ0) is 27.5. The number of ketones is 1. The summed E-state index contributed by atoms with van der Waals surface area (Å²) in [4.78, 5) is 28.1. The molecule has 4 atom stereocenters. The predicted octanol–water partition coefficient (Wildman–Crippen LogP) is 8.30. The first-order chi connectivity index (χ1) is 19.5. The van der Waals surface area contributed by atoms with E-state index in [1.165, 1.54) is 0 Å². The van der Waals surface area contributed by atoms with Gasteiger partial charge in [-0.05, 0) is 57.4 Å². The van der Waals surface area contributed by atoms with Crippen molar-refractivity contribution < 1.29 is 13.9 Å². The molecule has 0 bridgehead atoms. The zero-order valence-corrected chi connectivity index (χ0v) is 24.3. The van der Waals surface area contributed by atoms with E-state index in [9.17, 15) is 9.59 Å². The molecule has 4 unspecified atom stereocenters. The Balaban J connectivity index is 1.54. The second-order valence-corrected chi connectivity index (χ2v) is 12.2. The third-order valence-corrected chi connectivity index (χ3v) is 10.3. The lowest BCUT2D eigenvalue weighted by molar-refractivity contribution is -0.0506. The molecular weight excluding hydrogens is 632 g/mol. The van der Waals surface area contributed by atoms with E-state index >= 15 is 0 Å². The molecule has 2 heterocycles. The van der Waals surface area contributed by atoms with Gasteiger partial charge >= 0.3 is 0 Å². The number of Topliss-reactive ketones (excluding diaryl/α,β-unsaturated/α-hetero) is 1. The molecule has 1 aromatic heterocycles. The van der Waals surface area contributed by atoms with Gasteiger partial charge in [-0.3, -0.25) is 9.59 Å². The van der Waals surface area contributed by atoms with Gasteiger partial charge in [-0.25, -0.2) is 0 Å². The van der Waals surface area contributed by atoms with Gasteiger partial charge in [0.2, 0.25) is 5.43 Å². The summed E-state index contributed by atoms with van der Waals surface area (Å²) < 4.78 is 12.6. The molecule has 0 spiro atoms. The van der Waals surface area contributed by atoms with Crippen molar-refractivity contribution in [1.29, 1.82) is 0 Å². The Morgan fingerprint density at radius 3 is 2.17 bits per heavy atom. The molecule has 2 aliphatic rings. The summed E-state index contributed by atoms with van der Waals surface area (Å²) in [5, 5.41) is 0.485. The van der Waals surface area contributed by atoms with Crippen molar-refractivity contribution in [2.45, 2.75) is 21.8 Å². The Morgan fingerprint density at radius 2 is 1.40 bits per heavy atom. The average molecular weight is 654 g/mol. The van der Waals surface area contributed by atoms with Gasteiger partial charge in [0, 0.05) is 5.92 Å². The smallest absolute Gasteiger partial charge is 0.207 e. The molecule has 0 radical (unpaired) electrons. The van der Waals surface area contributed by atoms with Gasteiger partial charge in [0.15, 0.2) is 11.4 Å². The van der Waals surface area contributed by atoms with Crippen LogP contribution in [-0.4, -0.2) is 15.7 Å². The fraction of sp³-hybridized carbons (Fsp3) is 0.118. The Hall–Kier alpha value is -3.74. The number of hydrogen-bond donors (Lipinski definition) is 0. The van der Waals surface area contributed by atoms with Crippen LogP contribution in [0.25, 0.3) is 17.0 Å². The number of ether oxygens (including phenoxy) is 1. The SMILES string of the molecule is O=C1c2ccccc2OC2(/C=C/c3ccccc3)C(c3oc4ccccc4c(=O)c3Br)C(c3ccccc3)C12Br. The lowest BCUT2D eigenvalue weighted by Crippen LogP contribution is -2.76. The summed E-state index contributed by atoms with van der Waals surface area (Å²) >= 11 is 7.58. The standard InChI is InChI=1S/C34H22Br2O4/c35-29-30(37)23-15-7-9-17-25(23)39-31(29)28-27(22-13-5-2-6-14-22)34(36)32(38)24-16-8-10-18-26(24)40-33(28,34)20-19-21-11-3-1-4-12-21/h1-20,27-28H/b20-19+. The van der Waals surface area contributed by atoms with Crippen molar-refractivity contribution in [1.82, 2.24) is 0 Å². The quantitative estimate of drug-likeness (QED) is 0.183. The van der Waals surface area contributed by atoms with E-state index in [4.69, 9.17) is 9.15 Å². The van der Waals surface area contributed by atoms with Crippen LogP contribution in [0.4, 0.5) is 0 Å². The first-order valence-corrected chi connectivity index (χ1v) is 14.6. The third-order valence-electron chi connectivity index (χ3n) is 8.06. The molecule has 196 valence electrons. The van der Waals surface area contributed by atoms with Crippen LogP contribution in [0.15, 0.2) is 129 Å². The molecule has 5 aromatic rings. The fourth-order valence-electron chi connectivity index (χ4n) is 6.24. The van der Waals surface area contributed by atoms with Crippen molar-refractivity contribution in [2.24, 2.45) is 0 Å². The summed E-state index contributed by atoms with van der Waals surface area (Å²) in [6, 6.07) is 34.3. The number of halogens is 2. The van der Waals surface area contributed by atoms with Crippen LogP contribution in [0.1, 0.15) is 39.1 Å². The lowest BCUT2D eigenvalue weighted by Gasteiger charge is -2.65. The molecule has 0 amide bonds. The van der Waals surface area contributed by atoms with Crippen molar-refractivity contribution >= 4 is 54.7 Å². The van der Waals surface area contributed by atoms with Crippen LogP contribution in [0.2, 0.25) is 0 Å². The van der Waals surface area contributed by atoms with E-state index in [1.54, 1.807) is 18.2 Å². The molecule has 1 aliphatic carbocycles. The van der Waals surface area contributed by atoms with Crippen molar-refractivity contribution in [3.63, 3.8) is 0 Å². The number of carbonyl (C=O) groups excluding carboxylic acids is 1. The maximum Gasteiger partial charge on any atom is 0.207 e. The molecule has 7 rings (SSSR count). The Labute approximate surface area is 247 Å². The molecule has 4 aromatic carbocycles. The van der Waals surface area contributed by atoms with Crippen LogP contribution in [0, 0.1) is 0 Å². The monoisotopic (exact) mass is 652 g/mol. The number of alkyl halides is 1. The number of carbonyl (C=O) groups is 1. The second kappa shape index (κ2) is 9.43. The van der Waals surface area contributed by atoms with Crippen molar-refractivity contribution in [2.75, 3.05) is 0 Å². The Morgan fingerprint density at radius 1 is 0.750 bits per heavy atom. The van der Waals surface area contributed by atoms with Crippen LogP contribution >= 0.6 is 31.9 Å². The van der Waals surface area contributed by atoms with E-state index < -0.39 is 21.8 Å². The largest absolute Gasteiger partial charge is 0.480 e. The van der Waals surface area contributed by atoms with E-state index in [-0.39, 0.29) is 11.2 Å². The molecule has 0 saturated heterocycles.